The summed E-state index contributed by atoms with van der Waals surface area (Å²) < 4.78 is 0. The number of rotatable bonds is 6. The summed E-state index contributed by atoms with van der Waals surface area (Å²) in [6, 6.07) is 2.25. The van der Waals surface area contributed by atoms with Crippen LogP contribution in [0.4, 0.5) is 0 Å². The molecule has 1 fully saturated rings. The van der Waals surface area contributed by atoms with Gasteiger partial charge in [0.1, 0.15) is 0 Å². The van der Waals surface area contributed by atoms with Crippen LogP contribution in [-0.4, -0.2) is 29.9 Å². The number of nitrogens with zero attached hydrogens (tertiary/aromatic N) is 2. The lowest BCUT2D eigenvalue weighted by Gasteiger charge is -2.39. The zero-order valence-electron chi connectivity index (χ0n) is 10.3. The standard InChI is InChI=1S/C13H23BrN2/c1-2-16(10-6-9-15)12-13(11-14)7-4-3-5-8-13/h2-8,10-12H2,1H3. The molecule has 0 spiro atoms. The minimum atomic E-state index is 0.476. The van der Waals surface area contributed by atoms with Crippen LogP contribution < -0.4 is 0 Å². The molecule has 92 valence electrons. The maximum absolute atomic E-state index is 8.65. The molecule has 0 radical (unpaired) electrons. The van der Waals surface area contributed by atoms with E-state index in [9.17, 15) is 0 Å². The van der Waals surface area contributed by atoms with Gasteiger partial charge in [-0.2, -0.15) is 5.26 Å². The Labute approximate surface area is 108 Å². The van der Waals surface area contributed by atoms with E-state index in [1.54, 1.807) is 0 Å². The van der Waals surface area contributed by atoms with E-state index >= 15 is 0 Å². The fraction of sp³-hybridized carbons (Fsp3) is 0.923. The first-order valence-corrected chi connectivity index (χ1v) is 7.54. The van der Waals surface area contributed by atoms with Crippen molar-refractivity contribution < 1.29 is 0 Å². The monoisotopic (exact) mass is 286 g/mol. The normalized spacial score (nSPS) is 19.6. The number of halogens is 1. The minimum absolute atomic E-state index is 0.476. The molecule has 0 atom stereocenters. The highest BCUT2D eigenvalue weighted by Crippen LogP contribution is 2.38. The first-order valence-electron chi connectivity index (χ1n) is 6.41. The van der Waals surface area contributed by atoms with Crippen LogP contribution in [0.2, 0.25) is 0 Å². The topological polar surface area (TPSA) is 27.0 Å². The summed E-state index contributed by atoms with van der Waals surface area (Å²) in [5.41, 5.74) is 0.476. The number of alkyl halides is 1. The van der Waals surface area contributed by atoms with E-state index in [1.807, 2.05) is 0 Å². The Bertz CT molecular complexity index is 229. The molecule has 0 amide bonds. The smallest absolute Gasteiger partial charge is 0.0635 e. The SMILES string of the molecule is CCN(CCC#N)CC1(CBr)CCCCC1. The zero-order chi connectivity index (χ0) is 11.9. The predicted octanol–water partition coefficient (Wildman–Crippen LogP) is 3.57. The fourth-order valence-corrected chi connectivity index (χ4v) is 3.41. The second-order valence-corrected chi connectivity index (χ2v) is 5.53. The third-order valence-electron chi connectivity index (χ3n) is 3.74. The number of hydrogen-bond acceptors (Lipinski definition) is 2. The van der Waals surface area contributed by atoms with Gasteiger partial charge in [-0.1, -0.05) is 42.1 Å². The molecule has 0 heterocycles. The quantitative estimate of drug-likeness (QED) is 0.698. The van der Waals surface area contributed by atoms with E-state index < -0.39 is 0 Å². The zero-order valence-corrected chi connectivity index (χ0v) is 11.9. The van der Waals surface area contributed by atoms with Crippen LogP contribution in [0.15, 0.2) is 0 Å². The third-order valence-corrected chi connectivity index (χ3v) is 4.93. The molecule has 2 nitrogen and oxygen atoms in total. The maximum Gasteiger partial charge on any atom is 0.0635 e. The second-order valence-electron chi connectivity index (χ2n) is 4.97. The highest BCUT2D eigenvalue weighted by atomic mass is 79.9. The third kappa shape index (κ3) is 4.07. The Kier molecular flexibility index (Phi) is 6.38. The Morgan fingerprint density at radius 3 is 2.50 bits per heavy atom. The minimum Gasteiger partial charge on any atom is -0.302 e. The van der Waals surface area contributed by atoms with E-state index in [0.717, 1.165) is 25.0 Å². The van der Waals surface area contributed by atoms with Crippen LogP contribution in [0, 0.1) is 16.7 Å². The molecule has 0 aromatic rings. The number of nitriles is 1. The fourth-order valence-electron chi connectivity index (χ4n) is 2.67. The van der Waals surface area contributed by atoms with Gasteiger partial charge in [0.2, 0.25) is 0 Å². The Morgan fingerprint density at radius 1 is 1.31 bits per heavy atom. The molecule has 1 saturated carbocycles. The van der Waals surface area contributed by atoms with Gasteiger partial charge in [0.25, 0.3) is 0 Å². The molecule has 16 heavy (non-hydrogen) atoms. The van der Waals surface area contributed by atoms with E-state index in [0.29, 0.717) is 11.8 Å². The van der Waals surface area contributed by atoms with Crippen molar-refractivity contribution in [2.75, 3.05) is 25.0 Å². The van der Waals surface area contributed by atoms with Crippen molar-refractivity contribution in [1.82, 2.24) is 4.90 Å². The summed E-state index contributed by atoms with van der Waals surface area (Å²) in [6.45, 7) is 5.36. The van der Waals surface area contributed by atoms with Crippen molar-refractivity contribution in [2.45, 2.75) is 45.4 Å². The molecule has 0 N–H and O–H groups in total. The van der Waals surface area contributed by atoms with Crippen molar-refractivity contribution in [3.05, 3.63) is 0 Å². The molecule has 0 aromatic heterocycles. The van der Waals surface area contributed by atoms with E-state index in [1.165, 1.54) is 32.1 Å². The molecule has 0 saturated heterocycles. The number of hydrogen-bond donors (Lipinski definition) is 0. The highest BCUT2D eigenvalue weighted by Gasteiger charge is 2.32. The molecule has 3 heteroatoms. The van der Waals surface area contributed by atoms with Gasteiger partial charge in [0.05, 0.1) is 6.07 Å². The molecule has 1 aliphatic carbocycles. The van der Waals surface area contributed by atoms with Crippen molar-refractivity contribution in [3.8, 4) is 6.07 Å². The van der Waals surface area contributed by atoms with Crippen molar-refractivity contribution >= 4 is 15.9 Å². The van der Waals surface area contributed by atoms with Gasteiger partial charge in [0, 0.05) is 24.8 Å². The van der Waals surface area contributed by atoms with Gasteiger partial charge in [-0.25, -0.2) is 0 Å². The summed E-state index contributed by atoms with van der Waals surface area (Å²) in [5, 5.41) is 9.77. The van der Waals surface area contributed by atoms with Gasteiger partial charge in [-0.3, -0.25) is 0 Å². The van der Waals surface area contributed by atoms with Crippen LogP contribution >= 0.6 is 15.9 Å². The van der Waals surface area contributed by atoms with Crippen LogP contribution in [0.25, 0.3) is 0 Å². The summed E-state index contributed by atoms with van der Waals surface area (Å²) in [7, 11) is 0. The summed E-state index contributed by atoms with van der Waals surface area (Å²) in [5.74, 6) is 0. The molecule has 0 aliphatic heterocycles. The van der Waals surface area contributed by atoms with Gasteiger partial charge in [-0.05, 0) is 24.8 Å². The van der Waals surface area contributed by atoms with Gasteiger partial charge in [-0.15, -0.1) is 0 Å². The lowest BCUT2D eigenvalue weighted by Crippen LogP contribution is -2.40. The van der Waals surface area contributed by atoms with Crippen molar-refractivity contribution in [2.24, 2.45) is 5.41 Å². The van der Waals surface area contributed by atoms with E-state index in [4.69, 9.17) is 5.26 Å². The van der Waals surface area contributed by atoms with Crippen LogP contribution in [-0.2, 0) is 0 Å². The Hall–Kier alpha value is -0.0700. The predicted molar refractivity (Wildman–Crippen MR) is 71.7 cm³/mol. The average Bonchev–Trinajstić information content (AvgIpc) is 2.35. The Balaban J connectivity index is 2.49. The molecule has 1 rings (SSSR count). The molecule has 0 bridgehead atoms. The molecular formula is C13H23BrN2. The van der Waals surface area contributed by atoms with Crippen LogP contribution in [0.5, 0.6) is 0 Å². The molecular weight excluding hydrogens is 264 g/mol. The lowest BCUT2D eigenvalue weighted by atomic mass is 9.75. The van der Waals surface area contributed by atoms with Gasteiger partial charge < -0.3 is 4.90 Å². The highest BCUT2D eigenvalue weighted by molar-refractivity contribution is 9.09. The van der Waals surface area contributed by atoms with Gasteiger partial charge in [0.15, 0.2) is 0 Å². The largest absolute Gasteiger partial charge is 0.302 e. The lowest BCUT2D eigenvalue weighted by molar-refractivity contribution is 0.132. The van der Waals surface area contributed by atoms with Gasteiger partial charge >= 0.3 is 0 Å². The van der Waals surface area contributed by atoms with Crippen LogP contribution in [0.1, 0.15) is 45.4 Å². The van der Waals surface area contributed by atoms with Crippen molar-refractivity contribution in [1.29, 1.82) is 5.26 Å². The van der Waals surface area contributed by atoms with E-state index in [-0.39, 0.29) is 0 Å². The Morgan fingerprint density at radius 2 is 2.00 bits per heavy atom. The summed E-state index contributed by atoms with van der Waals surface area (Å²) in [6.07, 6.45) is 7.51. The second kappa shape index (κ2) is 7.29. The average molecular weight is 287 g/mol. The van der Waals surface area contributed by atoms with Crippen LogP contribution in [0.3, 0.4) is 0 Å². The molecule has 0 aromatic carbocycles. The first-order chi connectivity index (χ1) is 7.76. The summed E-state index contributed by atoms with van der Waals surface area (Å²) >= 11 is 3.70. The molecule has 0 unspecified atom stereocenters. The summed E-state index contributed by atoms with van der Waals surface area (Å²) in [4.78, 5) is 2.44. The maximum atomic E-state index is 8.65. The van der Waals surface area contributed by atoms with Crippen molar-refractivity contribution in [3.63, 3.8) is 0 Å². The molecule has 1 aliphatic rings. The first kappa shape index (κ1) is 14.0. The van der Waals surface area contributed by atoms with E-state index in [2.05, 4.69) is 33.8 Å².